The number of piperazine rings is 2. The molecule has 154 valence electrons. The number of fused-ring (bicyclic) bond motifs is 1. The van der Waals surface area contributed by atoms with E-state index in [0.717, 1.165) is 5.56 Å². The van der Waals surface area contributed by atoms with E-state index < -0.39 is 12.1 Å². The van der Waals surface area contributed by atoms with Crippen molar-refractivity contribution in [3.8, 4) is 5.69 Å². The molecule has 0 spiro atoms. The Kier molecular flexibility index (Phi) is 5.36. The van der Waals surface area contributed by atoms with Gasteiger partial charge in [0.1, 0.15) is 17.9 Å². The number of hydrogen-bond donors (Lipinski definition) is 1. The van der Waals surface area contributed by atoms with Crippen LogP contribution in [0.4, 0.5) is 4.39 Å². The van der Waals surface area contributed by atoms with Gasteiger partial charge in [0.05, 0.1) is 11.9 Å². The van der Waals surface area contributed by atoms with Crippen molar-refractivity contribution in [3.63, 3.8) is 0 Å². The number of hydrogen-bond acceptors (Lipinski definition) is 4. The maximum absolute atomic E-state index is 13.4. The summed E-state index contributed by atoms with van der Waals surface area (Å²) in [5.41, 5.74) is 1.64. The monoisotopic (exact) mass is 399 g/mol. The number of amides is 2. The first-order valence-corrected chi connectivity index (χ1v) is 10.0. The van der Waals surface area contributed by atoms with Crippen molar-refractivity contribution in [2.75, 3.05) is 19.6 Å². The highest BCUT2D eigenvalue weighted by molar-refractivity contribution is 5.97. The number of carbonyl (C=O) groups excluding carboxylic acids is 2. The van der Waals surface area contributed by atoms with Gasteiger partial charge >= 0.3 is 0 Å². The molecule has 7 nitrogen and oxygen atoms in total. The lowest BCUT2D eigenvalue weighted by Gasteiger charge is -2.45. The molecule has 2 saturated heterocycles. The molecule has 4 rings (SSSR count). The SMILES string of the molecule is CC(C)C[C@H]1NC(=O)[C@H]2CN(Cc3cnn(-c4cccc(F)c4)c3)CCN2C1=O. The number of benzene rings is 1. The summed E-state index contributed by atoms with van der Waals surface area (Å²) in [6.07, 6.45) is 4.28. The van der Waals surface area contributed by atoms with Crippen LogP contribution in [0.2, 0.25) is 0 Å². The predicted octanol–water partition coefficient (Wildman–Crippen LogP) is 1.57. The van der Waals surface area contributed by atoms with Crippen molar-refractivity contribution in [2.24, 2.45) is 5.92 Å². The summed E-state index contributed by atoms with van der Waals surface area (Å²) in [6, 6.07) is 5.42. The Morgan fingerprint density at radius 3 is 2.86 bits per heavy atom. The third kappa shape index (κ3) is 4.17. The highest BCUT2D eigenvalue weighted by Crippen LogP contribution is 2.21. The number of carbonyl (C=O) groups is 2. The van der Waals surface area contributed by atoms with Crippen molar-refractivity contribution in [1.29, 1.82) is 0 Å². The van der Waals surface area contributed by atoms with Gasteiger partial charge in [-0.25, -0.2) is 9.07 Å². The summed E-state index contributed by atoms with van der Waals surface area (Å²) in [5.74, 6) is -0.00610. The Labute approximate surface area is 169 Å². The predicted molar refractivity (Wildman–Crippen MR) is 106 cm³/mol. The molecular weight excluding hydrogens is 373 g/mol. The lowest BCUT2D eigenvalue weighted by molar-refractivity contribution is -0.153. The molecule has 2 atom stereocenters. The summed E-state index contributed by atoms with van der Waals surface area (Å²) in [7, 11) is 0. The van der Waals surface area contributed by atoms with Gasteiger partial charge in [0.15, 0.2) is 0 Å². The minimum atomic E-state index is -0.446. The van der Waals surface area contributed by atoms with Crippen LogP contribution in [0.5, 0.6) is 0 Å². The lowest BCUT2D eigenvalue weighted by atomic mass is 9.97. The van der Waals surface area contributed by atoms with Crippen LogP contribution in [0.1, 0.15) is 25.8 Å². The fraction of sp³-hybridized carbons (Fsp3) is 0.476. The molecule has 8 heteroatoms. The molecule has 0 bridgehead atoms. The number of nitrogens with one attached hydrogen (secondary N) is 1. The molecular formula is C21H26FN5O2. The average Bonchev–Trinajstić information content (AvgIpc) is 3.14. The van der Waals surface area contributed by atoms with Crippen LogP contribution in [-0.4, -0.2) is 63.1 Å². The molecule has 1 aromatic carbocycles. The number of rotatable bonds is 5. The first kappa shape index (κ1) is 19.6. The largest absolute Gasteiger partial charge is 0.342 e. The summed E-state index contributed by atoms with van der Waals surface area (Å²) in [4.78, 5) is 29.2. The number of halogens is 1. The Morgan fingerprint density at radius 1 is 1.28 bits per heavy atom. The van der Waals surface area contributed by atoms with E-state index in [1.54, 1.807) is 27.9 Å². The van der Waals surface area contributed by atoms with Crippen LogP contribution in [-0.2, 0) is 16.1 Å². The second kappa shape index (κ2) is 7.94. The quantitative estimate of drug-likeness (QED) is 0.829. The Balaban J connectivity index is 1.41. The second-order valence-electron chi connectivity index (χ2n) is 8.25. The van der Waals surface area contributed by atoms with E-state index in [1.807, 2.05) is 20.0 Å². The van der Waals surface area contributed by atoms with E-state index in [0.29, 0.717) is 44.2 Å². The summed E-state index contributed by atoms with van der Waals surface area (Å²) in [5, 5.41) is 7.22. The highest BCUT2D eigenvalue weighted by atomic mass is 19.1. The molecule has 0 saturated carbocycles. The second-order valence-corrected chi connectivity index (χ2v) is 8.25. The van der Waals surface area contributed by atoms with Crippen LogP contribution in [0, 0.1) is 11.7 Å². The van der Waals surface area contributed by atoms with E-state index in [-0.39, 0.29) is 17.6 Å². The normalized spacial score (nSPS) is 22.7. The minimum Gasteiger partial charge on any atom is -0.342 e. The Hall–Kier alpha value is -2.74. The van der Waals surface area contributed by atoms with Gasteiger partial charge < -0.3 is 10.2 Å². The van der Waals surface area contributed by atoms with E-state index in [4.69, 9.17) is 0 Å². The van der Waals surface area contributed by atoms with E-state index >= 15 is 0 Å². The van der Waals surface area contributed by atoms with Crippen molar-refractivity contribution in [1.82, 2.24) is 24.9 Å². The van der Waals surface area contributed by atoms with Crippen molar-refractivity contribution < 1.29 is 14.0 Å². The summed E-state index contributed by atoms with van der Waals surface area (Å²) in [6.45, 7) is 6.47. The minimum absolute atomic E-state index is 0.0295. The Morgan fingerprint density at radius 2 is 2.10 bits per heavy atom. The molecule has 3 heterocycles. The van der Waals surface area contributed by atoms with Crippen LogP contribution in [0.25, 0.3) is 5.69 Å². The molecule has 2 aliphatic rings. The third-order valence-corrected chi connectivity index (χ3v) is 5.49. The fourth-order valence-corrected chi connectivity index (χ4v) is 4.09. The fourth-order valence-electron chi connectivity index (χ4n) is 4.09. The zero-order chi connectivity index (χ0) is 20.5. The lowest BCUT2D eigenvalue weighted by Crippen LogP contribution is -2.69. The van der Waals surface area contributed by atoms with Gasteiger partial charge in [-0.15, -0.1) is 0 Å². The maximum Gasteiger partial charge on any atom is 0.245 e. The van der Waals surface area contributed by atoms with Crippen molar-refractivity contribution in [3.05, 3.63) is 48.0 Å². The first-order chi connectivity index (χ1) is 13.9. The molecule has 2 aromatic rings. The van der Waals surface area contributed by atoms with E-state index in [9.17, 15) is 14.0 Å². The van der Waals surface area contributed by atoms with Gasteiger partial charge in [-0.2, -0.15) is 5.10 Å². The molecule has 29 heavy (non-hydrogen) atoms. The third-order valence-electron chi connectivity index (χ3n) is 5.49. The smallest absolute Gasteiger partial charge is 0.245 e. The van der Waals surface area contributed by atoms with E-state index in [2.05, 4.69) is 15.3 Å². The van der Waals surface area contributed by atoms with E-state index in [1.165, 1.54) is 12.1 Å². The van der Waals surface area contributed by atoms with Crippen LogP contribution in [0.15, 0.2) is 36.7 Å². The van der Waals surface area contributed by atoms with Crippen LogP contribution >= 0.6 is 0 Å². The Bertz CT molecular complexity index is 912. The topological polar surface area (TPSA) is 70.5 Å². The average molecular weight is 399 g/mol. The molecule has 0 unspecified atom stereocenters. The van der Waals surface area contributed by atoms with Gasteiger partial charge in [-0.1, -0.05) is 19.9 Å². The zero-order valence-electron chi connectivity index (χ0n) is 16.7. The molecule has 1 N–H and O–H groups in total. The molecule has 0 radical (unpaired) electrons. The van der Waals surface area contributed by atoms with Gasteiger partial charge in [-0.3, -0.25) is 14.5 Å². The standard InChI is InChI=1S/C21H26FN5O2/c1-14(2)8-18-21(29)26-7-6-25(13-19(26)20(28)24-18)11-15-10-23-27(12-15)17-5-3-4-16(22)9-17/h3-5,9-10,12,14,18-19H,6-8,11,13H2,1-2H3,(H,24,28)/t18-,19-/m1/s1. The molecule has 0 aliphatic carbocycles. The summed E-state index contributed by atoms with van der Waals surface area (Å²) < 4.78 is 15.1. The number of nitrogens with zero attached hydrogens (tertiary/aromatic N) is 4. The summed E-state index contributed by atoms with van der Waals surface area (Å²) >= 11 is 0. The molecule has 2 fully saturated rings. The van der Waals surface area contributed by atoms with Gasteiger partial charge in [-0.05, 0) is 30.5 Å². The van der Waals surface area contributed by atoms with Crippen molar-refractivity contribution in [2.45, 2.75) is 38.9 Å². The number of aromatic nitrogens is 2. The maximum atomic E-state index is 13.4. The molecule has 2 amide bonds. The molecule has 1 aromatic heterocycles. The molecule has 2 aliphatic heterocycles. The van der Waals surface area contributed by atoms with Gasteiger partial charge in [0.2, 0.25) is 11.8 Å². The van der Waals surface area contributed by atoms with Crippen LogP contribution in [0.3, 0.4) is 0 Å². The first-order valence-electron chi connectivity index (χ1n) is 10.0. The zero-order valence-corrected chi connectivity index (χ0v) is 16.7. The van der Waals surface area contributed by atoms with Gasteiger partial charge in [0, 0.05) is 37.9 Å². The van der Waals surface area contributed by atoms with Crippen molar-refractivity contribution >= 4 is 11.8 Å². The highest BCUT2D eigenvalue weighted by Gasteiger charge is 2.43. The van der Waals surface area contributed by atoms with Gasteiger partial charge in [0.25, 0.3) is 0 Å². The van der Waals surface area contributed by atoms with Crippen LogP contribution < -0.4 is 5.32 Å².